The molecule has 0 amide bonds. The predicted molar refractivity (Wildman–Crippen MR) is 73.3 cm³/mol. The van der Waals surface area contributed by atoms with E-state index in [2.05, 4.69) is 5.32 Å². The molecular weight excluding hydrogens is 268 g/mol. The van der Waals surface area contributed by atoms with Gasteiger partial charge in [0, 0.05) is 10.6 Å². The summed E-state index contributed by atoms with van der Waals surface area (Å²) in [5.74, 6) is -0.879. The molecule has 2 aromatic rings. The van der Waals surface area contributed by atoms with Gasteiger partial charge in [0.1, 0.15) is 11.6 Å². The molecule has 0 saturated heterocycles. The van der Waals surface area contributed by atoms with E-state index in [4.69, 9.17) is 11.6 Å². The van der Waals surface area contributed by atoms with Crippen LogP contribution in [0.2, 0.25) is 5.02 Å². The molecule has 19 heavy (non-hydrogen) atoms. The van der Waals surface area contributed by atoms with Gasteiger partial charge in [-0.3, -0.25) is 0 Å². The summed E-state index contributed by atoms with van der Waals surface area (Å²) in [6.07, 6.45) is 0. The number of halogens is 3. The van der Waals surface area contributed by atoms with Gasteiger partial charge in [0.05, 0.1) is 6.04 Å². The first-order valence-electron chi connectivity index (χ1n) is 6.05. The largest absolute Gasteiger partial charge is 0.306 e. The summed E-state index contributed by atoms with van der Waals surface area (Å²) >= 11 is 5.84. The van der Waals surface area contributed by atoms with Gasteiger partial charge in [-0.05, 0) is 42.4 Å². The average molecular weight is 282 g/mol. The molecule has 0 bridgehead atoms. The Kier molecular flexibility index (Phi) is 4.51. The maximum Gasteiger partial charge on any atom is 0.128 e. The van der Waals surface area contributed by atoms with E-state index >= 15 is 0 Å². The van der Waals surface area contributed by atoms with E-state index in [9.17, 15) is 8.78 Å². The summed E-state index contributed by atoms with van der Waals surface area (Å²) < 4.78 is 27.2. The van der Waals surface area contributed by atoms with Gasteiger partial charge in [-0.25, -0.2) is 8.78 Å². The van der Waals surface area contributed by atoms with E-state index in [1.807, 2.05) is 6.92 Å². The highest BCUT2D eigenvalue weighted by Crippen LogP contribution is 2.26. The first-order valence-corrected chi connectivity index (χ1v) is 6.43. The van der Waals surface area contributed by atoms with Gasteiger partial charge in [-0.15, -0.1) is 0 Å². The first-order chi connectivity index (χ1) is 9.11. The minimum absolute atomic E-state index is 0.296. The Labute approximate surface area is 116 Å². The molecule has 0 aliphatic heterocycles. The van der Waals surface area contributed by atoms with Gasteiger partial charge in [0.2, 0.25) is 0 Å². The Hall–Kier alpha value is -1.45. The van der Waals surface area contributed by atoms with Gasteiger partial charge in [0.25, 0.3) is 0 Å². The Morgan fingerprint density at radius 3 is 2.42 bits per heavy atom. The van der Waals surface area contributed by atoms with Crippen LogP contribution in [-0.4, -0.2) is 6.54 Å². The summed E-state index contributed by atoms with van der Waals surface area (Å²) in [6, 6.07) is 10.2. The summed E-state index contributed by atoms with van der Waals surface area (Å²) in [5.41, 5.74) is 1.14. The van der Waals surface area contributed by atoms with Crippen LogP contribution in [0.15, 0.2) is 42.5 Å². The molecule has 0 aliphatic rings. The first kappa shape index (κ1) is 14.0. The fourth-order valence-corrected chi connectivity index (χ4v) is 2.13. The van der Waals surface area contributed by atoms with Crippen LogP contribution in [0.25, 0.3) is 0 Å². The van der Waals surface area contributed by atoms with Gasteiger partial charge in [-0.2, -0.15) is 0 Å². The SMILES string of the molecule is CCNC(c1ccc(Cl)cc1)c1cc(F)ccc1F. The molecule has 0 radical (unpaired) electrons. The van der Waals surface area contributed by atoms with Crippen molar-refractivity contribution in [2.24, 2.45) is 0 Å². The summed E-state index contributed by atoms with van der Waals surface area (Å²) in [5, 5.41) is 3.76. The molecule has 100 valence electrons. The average Bonchev–Trinajstić information content (AvgIpc) is 2.40. The van der Waals surface area contributed by atoms with E-state index < -0.39 is 17.7 Å². The predicted octanol–water partition coefficient (Wildman–Crippen LogP) is 4.32. The van der Waals surface area contributed by atoms with E-state index in [0.29, 0.717) is 17.1 Å². The smallest absolute Gasteiger partial charge is 0.128 e. The molecule has 0 aliphatic carbocycles. The summed E-state index contributed by atoms with van der Waals surface area (Å²) in [7, 11) is 0. The third kappa shape index (κ3) is 3.31. The van der Waals surface area contributed by atoms with Crippen molar-refractivity contribution in [3.05, 3.63) is 70.2 Å². The quantitative estimate of drug-likeness (QED) is 0.880. The van der Waals surface area contributed by atoms with Crippen molar-refractivity contribution in [1.82, 2.24) is 5.32 Å². The number of benzene rings is 2. The van der Waals surface area contributed by atoms with Crippen molar-refractivity contribution in [2.45, 2.75) is 13.0 Å². The van der Waals surface area contributed by atoms with Crippen molar-refractivity contribution in [3.63, 3.8) is 0 Å². The molecule has 2 rings (SSSR count). The second kappa shape index (κ2) is 6.13. The standard InChI is InChI=1S/C15H14ClF2N/c1-2-19-15(10-3-5-11(16)6-4-10)13-9-12(17)7-8-14(13)18/h3-9,15,19H,2H2,1H3. The van der Waals surface area contributed by atoms with Crippen molar-refractivity contribution >= 4 is 11.6 Å². The van der Waals surface area contributed by atoms with Gasteiger partial charge >= 0.3 is 0 Å². The lowest BCUT2D eigenvalue weighted by Crippen LogP contribution is -2.23. The van der Waals surface area contributed by atoms with Crippen LogP contribution in [0.3, 0.4) is 0 Å². The van der Waals surface area contributed by atoms with Crippen LogP contribution in [0.1, 0.15) is 24.1 Å². The molecule has 1 unspecified atom stereocenters. The highest BCUT2D eigenvalue weighted by atomic mass is 35.5. The monoisotopic (exact) mass is 281 g/mol. The second-order valence-corrected chi connectivity index (χ2v) is 4.64. The van der Waals surface area contributed by atoms with Crippen molar-refractivity contribution in [1.29, 1.82) is 0 Å². The molecular formula is C15H14ClF2N. The van der Waals surface area contributed by atoms with E-state index in [1.54, 1.807) is 24.3 Å². The van der Waals surface area contributed by atoms with Crippen LogP contribution >= 0.6 is 11.6 Å². The van der Waals surface area contributed by atoms with Crippen molar-refractivity contribution < 1.29 is 8.78 Å². The third-order valence-electron chi connectivity index (χ3n) is 2.88. The Morgan fingerprint density at radius 1 is 1.11 bits per heavy atom. The summed E-state index contributed by atoms with van der Waals surface area (Å²) in [6.45, 7) is 2.56. The number of rotatable bonds is 4. The van der Waals surface area contributed by atoms with Crippen LogP contribution < -0.4 is 5.32 Å². The fraction of sp³-hybridized carbons (Fsp3) is 0.200. The molecule has 2 aromatic carbocycles. The molecule has 1 N–H and O–H groups in total. The van der Waals surface area contributed by atoms with E-state index in [0.717, 1.165) is 17.7 Å². The Bertz CT molecular complexity index is 555. The minimum Gasteiger partial charge on any atom is -0.306 e. The van der Waals surface area contributed by atoms with Gasteiger partial charge in [0.15, 0.2) is 0 Å². The van der Waals surface area contributed by atoms with Gasteiger partial charge < -0.3 is 5.32 Å². The lowest BCUT2D eigenvalue weighted by Gasteiger charge is -2.19. The zero-order valence-electron chi connectivity index (χ0n) is 10.5. The highest BCUT2D eigenvalue weighted by molar-refractivity contribution is 6.30. The molecule has 0 aromatic heterocycles. The molecule has 1 atom stereocenters. The zero-order chi connectivity index (χ0) is 13.8. The van der Waals surface area contributed by atoms with Crippen LogP contribution in [0.4, 0.5) is 8.78 Å². The molecule has 0 heterocycles. The normalized spacial score (nSPS) is 12.4. The molecule has 0 spiro atoms. The van der Waals surface area contributed by atoms with Crippen molar-refractivity contribution in [2.75, 3.05) is 6.54 Å². The lowest BCUT2D eigenvalue weighted by atomic mass is 9.98. The minimum atomic E-state index is -0.451. The molecule has 0 fully saturated rings. The number of hydrogen-bond donors (Lipinski definition) is 1. The van der Waals surface area contributed by atoms with Crippen LogP contribution in [-0.2, 0) is 0 Å². The molecule has 1 nitrogen and oxygen atoms in total. The topological polar surface area (TPSA) is 12.0 Å². The van der Waals surface area contributed by atoms with Crippen LogP contribution in [0.5, 0.6) is 0 Å². The Morgan fingerprint density at radius 2 is 1.79 bits per heavy atom. The Balaban J connectivity index is 2.44. The summed E-state index contributed by atoms with van der Waals surface area (Å²) in [4.78, 5) is 0. The molecule has 4 heteroatoms. The fourth-order valence-electron chi connectivity index (χ4n) is 2.00. The third-order valence-corrected chi connectivity index (χ3v) is 3.13. The van der Waals surface area contributed by atoms with Crippen molar-refractivity contribution in [3.8, 4) is 0 Å². The lowest BCUT2D eigenvalue weighted by molar-refractivity contribution is 0.545. The number of nitrogens with one attached hydrogen (secondary N) is 1. The van der Waals surface area contributed by atoms with Gasteiger partial charge in [-0.1, -0.05) is 30.7 Å². The molecule has 0 saturated carbocycles. The maximum absolute atomic E-state index is 13.9. The van der Waals surface area contributed by atoms with E-state index in [-0.39, 0.29) is 0 Å². The van der Waals surface area contributed by atoms with Crippen LogP contribution in [0, 0.1) is 11.6 Å². The maximum atomic E-state index is 13.9. The highest BCUT2D eigenvalue weighted by Gasteiger charge is 2.17. The second-order valence-electron chi connectivity index (χ2n) is 4.21. The van der Waals surface area contributed by atoms with E-state index in [1.165, 1.54) is 6.07 Å². The number of hydrogen-bond acceptors (Lipinski definition) is 1. The zero-order valence-corrected chi connectivity index (χ0v) is 11.2.